The summed E-state index contributed by atoms with van der Waals surface area (Å²) in [4.78, 5) is 4.62. The predicted molar refractivity (Wildman–Crippen MR) is 78.6 cm³/mol. The average molecular weight is 289 g/mol. The van der Waals surface area contributed by atoms with Gasteiger partial charge in [0.2, 0.25) is 0 Å². The summed E-state index contributed by atoms with van der Waals surface area (Å²) >= 11 is 13.8. The summed E-state index contributed by atoms with van der Waals surface area (Å²) in [7, 11) is 0. The third-order valence-corrected chi connectivity index (χ3v) is 4.44. The van der Waals surface area contributed by atoms with E-state index in [4.69, 9.17) is 23.2 Å². The molecule has 2 rings (SSSR count). The van der Waals surface area contributed by atoms with Gasteiger partial charge < -0.3 is 5.32 Å². The molecule has 17 heavy (non-hydrogen) atoms. The number of thioether (sulfide) groups is 1. The van der Waals surface area contributed by atoms with Crippen molar-refractivity contribution in [3.05, 3.63) is 28.2 Å². The summed E-state index contributed by atoms with van der Waals surface area (Å²) in [5.41, 5.74) is 0.815. The van der Waals surface area contributed by atoms with E-state index in [9.17, 15) is 0 Å². The molecule has 5 heteroatoms. The van der Waals surface area contributed by atoms with E-state index in [0.29, 0.717) is 22.0 Å². The van der Waals surface area contributed by atoms with Gasteiger partial charge in [0, 0.05) is 5.75 Å². The molecule has 1 aliphatic heterocycles. The van der Waals surface area contributed by atoms with Crippen LogP contribution >= 0.6 is 35.0 Å². The first-order valence-corrected chi connectivity index (χ1v) is 7.23. The molecule has 2 nitrogen and oxygen atoms in total. The molecule has 1 unspecified atom stereocenters. The van der Waals surface area contributed by atoms with E-state index in [0.717, 1.165) is 16.6 Å². The first-order valence-electron chi connectivity index (χ1n) is 5.49. The van der Waals surface area contributed by atoms with Gasteiger partial charge in [0.15, 0.2) is 5.17 Å². The zero-order valence-corrected chi connectivity index (χ0v) is 12.0. The standard InChI is InChI=1S/C12H14Cl2N2S/c1-7(2)10-6-17-12(16-10)15-9-5-3-4-8(13)11(9)14/h3-5,7,10H,6H2,1-2H3,(H,15,16). The molecule has 1 N–H and O–H groups in total. The van der Waals surface area contributed by atoms with Crippen LogP contribution in [0.1, 0.15) is 13.8 Å². The van der Waals surface area contributed by atoms with E-state index in [1.807, 2.05) is 12.1 Å². The zero-order valence-electron chi connectivity index (χ0n) is 9.71. The Balaban J connectivity index is 2.12. The average Bonchev–Trinajstić information content (AvgIpc) is 2.73. The zero-order chi connectivity index (χ0) is 12.4. The number of benzene rings is 1. The molecular formula is C12H14Cl2N2S. The van der Waals surface area contributed by atoms with Crippen LogP contribution in [0.2, 0.25) is 10.0 Å². The smallest absolute Gasteiger partial charge is 0.161 e. The minimum Gasteiger partial charge on any atom is -0.334 e. The van der Waals surface area contributed by atoms with Crippen molar-refractivity contribution < 1.29 is 0 Å². The molecule has 0 amide bonds. The highest BCUT2D eigenvalue weighted by Crippen LogP contribution is 2.31. The third-order valence-electron chi connectivity index (χ3n) is 2.64. The molecule has 0 bridgehead atoms. The minimum absolute atomic E-state index is 0.389. The Morgan fingerprint density at radius 1 is 1.41 bits per heavy atom. The highest BCUT2D eigenvalue weighted by atomic mass is 35.5. The van der Waals surface area contributed by atoms with E-state index in [1.165, 1.54) is 0 Å². The normalized spacial score (nSPS) is 19.6. The monoisotopic (exact) mass is 288 g/mol. The van der Waals surface area contributed by atoms with E-state index < -0.39 is 0 Å². The van der Waals surface area contributed by atoms with E-state index >= 15 is 0 Å². The highest BCUT2D eigenvalue weighted by molar-refractivity contribution is 8.14. The molecule has 0 saturated carbocycles. The molecule has 0 aliphatic carbocycles. The highest BCUT2D eigenvalue weighted by Gasteiger charge is 2.21. The second-order valence-corrected chi connectivity index (χ2v) is 6.08. The minimum atomic E-state index is 0.389. The number of rotatable bonds is 2. The van der Waals surface area contributed by atoms with E-state index in [1.54, 1.807) is 17.8 Å². The Hall–Kier alpha value is -0.380. The summed E-state index contributed by atoms with van der Waals surface area (Å²) in [6, 6.07) is 5.94. The molecule has 0 spiro atoms. The molecule has 0 saturated heterocycles. The van der Waals surface area contributed by atoms with Crippen LogP contribution in [-0.2, 0) is 0 Å². The maximum Gasteiger partial charge on any atom is 0.161 e. The fourth-order valence-electron chi connectivity index (χ4n) is 1.51. The second kappa shape index (κ2) is 5.51. The second-order valence-electron chi connectivity index (χ2n) is 4.28. The molecule has 1 aromatic rings. The van der Waals surface area contributed by atoms with Gasteiger partial charge in [0.1, 0.15) is 0 Å². The maximum atomic E-state index is 6.11. The van der Waals surface area contributed by atoms with Crippen molar-refractivity contribution in [2.75, 3.05) is 11.1 Å². The number of aliphatic imine (C=N–C) groups is 1. The maximum absolute atomic E-state index is 6.11. The molecule has 0 radical (unpaired) electrons. The Labute approximate surface area is 116 Å². The topological polar surface area (TPSA) is 24.4 Å². The fraction of sp³-hybridized carbons (Fsp3) is 0.417. The predicted octanol–water partition coefficient (Wildman–Crippen LogP) is 4.53. The Bertz CT molecular complexity index is 446. The van der Waals surface area contributed by atoms with Gasteiger partial charge in [-0.1, -0.05) is 54.9 Å². The number of nitrogens with one attached hydrogen (secondary N) is 1. The van der Waals surface area contributed by atoms with Gasteiger partial charge in [-0.15, -0.1) is 0 Å². The van der Waals surface area contributed by atoms with Crippen molar-refractivity contribution >= 4 is 45.8 Å². The van der Waals surface area contributed by atoms with Gasteiger partial charge >= 0.3 is 0 Å². The van der Waals surface area contributed by atoms with Crippen molar-refractivity contribution in [1.82, 2.24) is 0 Å². The Morgan fingerprint density at radius 3 is 2.82 bits per heavy atom. The van der Waals surface area contributed by atoms with Crippen LogP contribution in [0.25, 0.3) is 0 Å². The fourth-order valence-corrected chi connectivity index (χ4v) is 3.04. The van der Waals surface area contributed by atoms with Crippen LogP contribution in [-0.4, -0.2) is 17.0 Å². The van der Waals surface area contributed by atoms with Gasteiger partial charge in [-0.3, -0.25) is 4.99 Å². The van der Waals surface area contributed by atoms with Crippen molar-refractivity contribution in [1.29, 1.82) is 0 Å². The lowest BCUT2D eigenvalue weighted by Crippen LogP contribution is -2.12. The molecule has 1 aromatic carbocycles. The number of amidine groups is 1. The largest absolute Gasteiger partial charge is 0.334 e. The van der Waals surface area contributed by atoms with Crippen LogP contribution in [0.4, 0.5) is 5.69 Å². The van der Waals surface area contributed by atoms with Gasteiger partial charge in [-0.25, -0.2) is 0 Å². The first-order chi connectivity index (χ1) is 8.08. The van der Waals surface area contributed by atoms with Crippen LogP contribution < -0.4 is 5.32 Å². The Morgan fingerprint density at radius 2 is 2.18 bits per heavy atom. The summed E-state index contributed by atoms with van der Waals surface area (Å²) < 4.78 is 0. The SMILES string of the molecule is CC(C)C1CSC(Nc2cccc(Cl)c2Cl)=N1. The number of halogens is 2. The van der Waals surface area contributed by atoms with Crippen molar-refractivity contribution in [3.63, 3.8) is 0 Å². The number of nitrogens with zero attached hydrogens (tertiary/aromatic N) is 1. The summed E-state index contributed by atoms with van der Waals surface area (Å²) in [6.07, 6.45) is 0. The van der Waals surface area contributed by atoms with Gasteiger partial charge in [0.25, 0.3) is 0 Å². The summed E-state index contributed by atoms with van der Waals surface area (Å²) in [6.45, 7) is 4.37. The van der Waals surface area contributed by atoms with Gasteiger partial charge in [-0.05, 0) is 18.1 Å². The lowest BCUT2D eigenvalue weighted by molar-refractivity contribution is 0.543. The molecule has 0 fully saturated rings. The quantitative estimate of drug-likeness (QED) is 0.864. The van der Waals surface area contributed by atoms with Crippen LogP contribution in [0, 0.1) is 5.92 Å². The lowest BCUT2D eigenvalue weighted by atomic mass is 10.1. The van der Waals surface area contributed by atoms with Crippen molar-refractivity contribution in [2.45, 2.75) is 19.9 Å². The van der Waals surface area contributed by atoms with Crippen molar-refractivity contribution in [2.24, 2.45) is 10.9 Å². The Kier molecular flexibility index (Phi) is 4.23. The molecule has 1 heterocycles. The molecule has 92 valence electrons. The van der Waals surface area contributed by atoms with Crippen molar-refractivity contribution in [3.8, 4) is 0 Å². The van der Waals surface area contributed by atoms with E-state index in [-0.39, 0.29) is 0 Å². The molecule has 1 atom stereocenters. The first kappa shape index (κ1) is 13.1. The molecular weight excluding hydrogens is 275 g/mol. The summed E-state index contributed by atoms with van der Waals surface area (Å²) in [5, 5.41) is 5.26. The van der Waals surface area contributed by atoms with Crippen LogP contribution in [0.3, 0.4) is 0 Å². The van der Waals surface area contributed by atoms with Gasteiger partial charge in [-0.2, -0.15) is 0 Å². The van der Waals surface area contributed by atoms with Gasteiger partial charge in [0.05, 0.1) is 21.8 Å². The number of hydrogen-bond acceptors (Lipinski definition) is 3. The van der Waals surface area contributed by atoms with Crippen LogP contribution in [0.15, 0.2) is 23.2 Å². The van der Waals surface area contributed by atoms with E-state index in [2.05, 4.69) is 24.2 Å². The third kappa shape index (κ3) is 3.09. The van der Waals surface area contributed by atoms with Crippen LogP contribution in [0.5, 0.6) is 0 Å². The number of hydrogen-bond donors (Lipinski definition) is 1. The molecule has 1 aliphatic rings. The molecule has 0 aromatic heterocycles. The summed E-state index contributed by atoms with van der Waals surface area (Å²) in [5.74, 6) is 1.59. The number of anilines is 1. The lowest BCUT2D eigenvalue weighted by Gasteiger charge is -2.09.